The molecule has 0 atom stereocenters. The molecule has 0 saturated heterocycles. The second-order valence-corrected chi connectivity index (χ2v) is 3.10. The van der Waals surface area contributed by atoms with Gasteiger partial charge >= 0.3 is 6.09 Å². The molecule has 0 aliphatic carbocycles. The third-order valence-electron chi connectivity index (χ3n) is 1.75. The predicted molar refractivity (Wildman–Crippen MR) is 55.1 cm³/mol. The Morgan fingerprint density at radius 2 is 2.12 bits per heavy atom. The molecule has 1 heterocycles. The molecule has 16 heavy (non-hydrogen) atoms. The molecule has 0 fully saturated rings. The Balaban J connectivity index is 3.15. The van der Waals surface area contributed by atoms with Crippen LogP contribution >= 0.6 is 0 Å². The zero-order valence-corrected chi connectivity index (χ0v) is 8.69. The van der Waals surface area contributed by atoms with Crippen molar-refractivity contribution in [1.29, 1.82) is 0 Å². The summed E-state index contributed by atoms with van der Waals surface area (Å²) in [5.41, 5.74) is -0.141. The first-order chi connectivity index (χ1) is 7.43. The lowest BCUT2D eigenvalue weighted by molar-refractivity contribution is -0.385. The molecule has 1 amide bonds. The zero-order valence-electron chi connectivity index (χ0n) is 8.69. The van der Waals surface area contributed by atoms with Gasteiger partial charge in [0.15, 0.2) is 0 Å². The number of nitro groups is 1. The van der Waals surface area contributed by atoms with Crippen molar-refractivity contribution >= 4 is 17.5 Å². The molecule has 1 rings (SSSR count). The van der Waals surface area contributed by atoms with Gasteiger partial charge in [-0.3, -0.25) is 15.1 Å². The second-order valence-electron chi connectivity index (χ2n) is 3.10. The number of anilines is 1. The fourth-order valence-corrected chi connectivity index (χ4v) is 1.14. The van der Waals surface area contributed by atoms with Crippen LogP contribution in [0.25, 0.3) is 0 Å². The van der Waals surface area contributed by atoms with Gasteiger partial charge < -0.3 is 5.11 Å². The van der Waals surface area contributed by atoms with Gasteiger partial charge in [0.1, 0.15) is 6.20 Å². The molecule has 0 aliphatic heterocycles. The molecule has 0 radical (unpaired) electrons. The van der Waals surface area contributed by atoms with E-state index in [1.165, 1.54) is 25.3 Å². The lowest BCUT2D eigenvalue weighted by Gasteiger charge is -2.24. The Bertz CT molecular complexity index is 420. The van der Waals surface area contributed by atoms with Gasteiger partial charge in [-0.15, -0.1) is 0 Å². The number of rotatable bonds is 3. The minimum Gasteiger partial charge on any atom is -0.464 e. The number of carbonyl (C=O) groups is 1. The number of hydrogen-bond donors (Lipinski definition) is 1. The van der Waals surface area contributed by atoms with E-state index < -0.39 is 11.0 Å². The predicted octanol–water partition coefficient (Wildman–Crippen LogP) is 0.951. The molecule has 0 bridgehead atoms. The maximum atomic E-state index is 10.9. The average Bonchev–Trinajstić information content (AvgIpc) is 2.16. The highest BCUT2D eigenvalue weighted by atomic mass is 16.6. The molecule has 86 valence electrons. The molecule has 0 spiro atoms. The van der Waals surface area contributed by atoms with Crippen LogP contribution in [-0.4, -0.2) is 40.2 Å². The second kappa shape index (κ2) is 4.53. The van der Waals surface area contributed by atoms with E-state index in [0.29, 0.717) is 0 Å². The topological polar surface area (TPSA) is 99.8 Å². The van der Waals surface area contributed by atoms with E-state index in [1.54, 1.807) is 0 Å². The van der Waals surface area contributed by atoms with Crippen LogP contribution < -0.4 is 5.01 Å². The number of hydrazine groups is 1. The number of amides is 1. The maximum Gasteiger partial charge on any atom is 0.426 e. The summed E-state index contributed by atoms with van der Waals surface area (Å²) >= 11 is 0. The number of hydrogen-bond acceptors (Lipinski definition) is 5. The fraction of sp³-hybridized carbons (Fsp3) is 0.250. The van der Waals surface area contributed by atoms with Crippen LogP contribution in [-0.2, 0) is 0 Å². The number of carboxylic acid groups (broad SMARTS) is 1. The fourth-order valence-electron chi connectivity index (χ4n) is 1.14. The highest BCUT2D eigenvalue weighted by molar-refractivity contribution is 5.84. The van der Waals surface area contributed by atoms with Crippen molar-refractivity contribution < 1.29 is 14.8 Å². The molecule has 1 aromatic heterocycles. The smallest absolute Gasteiger partial charge is 0.426 e. The van der Waals surface area contributed by atoms with E-state index >= 15 is 0 Å². The summed E-state index contributed by atoms with van der Waals surface area (Å²) in [4.78, 5) is 24.4. The molecule has 1 N–H and O–H groups in total. The normalized spacial score (nSPS) is 10.2. The van der Waals surface area contributed by atoms with Crippen LogP contribution in [0.1, 0.15) is 0 Å². The Kier molecular flexibility index (Phi) is 3.36. The van der Waals surface area contributed by atoms with Gasteiger partial charge in [-0.2, -0.15) is 0 Å². The van der Waals surface area contributed by atoms with Gasteiger partial charge in [-0.05, 0) is 0 Å². The van der Waals surface area contributed by atoms with Gasteiger partial charge in [0.25, 0.3) is 5.69 Å². The monoisotopic (exact) mass is 226 g/mol. The van der Waals surface area contributed by atoms with Gasteiger partial charge in [-0.1, -0.05) is 0 Å². The maximum absolute atomic E-state index is 10.9. The van der Waals surface area contributed by atoms with E-state index in [2.05, 4.69) is 4.98 Å². The van der Waals surface area contributed by atoms with Crippen molar-refractivity contribution in [3.05, 3.63) is 28.6 Å². The molecule has 8 heteroatoms. The van der Waals surface area contributed by atoms with E-state index in [-0.39, 0.29) is 11.4 Å². The number of nitrogens with zero attached hydrogens (tertiary/aromatic N) is 4. The van der Waals surface area contributed by atoms with Crippen LogP contribution in [0.2, 0.25) is 0 Å². The summed E-state index contributed by atoms with van der Waals surface area (Å²) < 4.78 is 0. The molecular weight excluding hydrogens is 216 g/mol. The average molecular weight is 226 g/mol. The summed E-state index contributed by atoms with van der Waals surface area (Å²) in [7, 11) is 3.01. The van der Waals surface area contributed by atoms with Crippen LogP contribution in [0.5, 0.6) is 0 Å². The van der Waals surface area contributed by atoms with Crippen LogP contribution in [0, 0.1) is 10.1 Å². The SMILES string of the molecule is CN(C)N(C(=O)O)c1cncc([N+](=O)[O-])c1. The first-order valence-corrected chi connectivity index (χ1v) is 4.23. The Morgan fingerprint density at radius 3 is 2.56 bits per heavy atom. The van der Waals surface area contributed by atoms with Gasteiger partial charge in [0.05, 0.1) is 16.8 Å². The summed E-state index contributed by atoms with van der Waals surface area (Å²) in [6, 6.07) is 1.14. The van der Waals surface area contributed by atoms with Gasteiger partial charge in [0.2, 0.25) is 0 Å². The van der Waals surface area contributed by atoms with Crippen molar-refractivity contribution in [1.82, 2.24) is 9.99 Å². The Morgan fingerprint density at radius 1 is 1.50 bits per heavy atom. The van der Waals surface area contributed by atoms with Crippen LogP contribution in [0.15, 0.2) is 18.5 Å². The van der Waals surface area contributed by atoms with Crippen molar-refractivity contribution in [2.45, 2.75) is 0 Å². The minimum atomic E-state index is -1.24. The minimum absolute atomic E-state index is 0.117. The molecule has 0 aromatic carbocycles. The summed E-state index contributed by atoms with van der Waals surface area (Å²) in [5, 5.41) is 21.5. The quantitative estimate of drug-likeness (QED) is 0.608. The molecule has 0 unspecified atom stereocenters. The van der Waals surface area contributed by atoms with Crippen molar-refractivity contribution in [3.8, 4) is 0 Å². The molecule has 0 aliphatic rings. The van der Waals surface area contributed by atoms with E-state index in [9.17, 15) is 14.9 Å². The number of aromatic nitrogens is 1. The zero-order chi connectivity index (χ0) is 12.3. The Labute approximate surface area is 90.8 Å². The highest BCUT2D eigenvalue weighted by Gasteiger charge is 2.19. The van der Waals surface area contributed by atoms with E-state index in [0.717, 1.165) is 17.3 Å². The van der Waals surface area contributed by atoms with Crippen molar-refractivity contribution in [3.63, 3.8) is 0 Å². The van der Waals surface area contributed by atoms with Gasteiger partial charge in [-0.25, -0.2) is 14.8 Å². The Hall–Kier alpha value is -2.22. The summed E-state index contributed by atoms with van der Waals surface area (Å²) in [5.74, 6) is 0. The highest BCUT2D eigenvalue weighted by Crippen LogP contribution is 2.19. The molecular formula is C8H10N4O4. The summed E-state index contributed by atoms with van der Waals surface area (Å²) in [6.45, 7) is 0. The first kappa shape index (κ1) is 11.9. The molecule has 0 saturated carbocycles. The van der Waals surface area contributed by atoms with Crippen molar-refractivity contribution in [2.24, 2.45) is 0 Å². The largest absolute Gasteiger partial charge is 0.464 e. The van der Waals surface area contributed by atoms with E-state index in [4.69, 9.17) is 5.11 Å². The summed E-state index contributed by atoms with van der Waals surface area (Å²) in [6.07, 6.45) is 1.05. The molecule has 1 aromatic rings. The molecule has 8 nitrogen and oxygen atoms in total. The van der Waals surface area contributed by atoms with E-state index in [1.807, 2.05) is 0 Å². The lowest BCUT2D eigenvalue weighted by Crippen LogP contribution is -2.41. The third-order valence-corrected chi connectivity index (χ3v) is 1.75. The number of pyridine rings is 1. The lowest BCUT2D eigenvalue weighted by atomic mass is 10.3. The standard InChI is InChI=1S/C8H10N4O4/c1-10(2)11(8(13)14)6-3-7(12(15)16)5-9-4-6/h3-5H,1-2H3,(H,13,14). The van der Waals surface area contributed by atoms with Crippen LogP contribution in [0.4, 0.5) is 16.2 Å². The third kappa shape index (κ3) is 2.42. The van der Waals surface area contributed by atoms with Crippen molar-refractivity contribution in [2.75, 3.05) is 19.1 Å². The van der Waals surface area contributed by atoms with Gasteiger partial charge in [0, 0.05) is 20.2 Å². The van der Waals surface area contributed by atoms with Crippen LogP contribution in [0.3, 0.4) is 0 Å². The first-order valence-electron chi connectivity index (χ1n) is 4.23.